The zero-order valence-corrected chi connectivity index (χ0v) is 18.0. The highest BCUT2D eigenvalue weighted by atomic mass is 16.6. The van der Waals surface area contributed by atoms with Crippen LogP contribution in [0.5, 0.6) is 0 Å². The van der Waals surface area contributed by atoms with Gasteiger partial charge in [-0.1, -0.05) is 91.0 Å². The van der Waals surface area contributed by atoms with E-state index < -0.39 is 18.3 Å². The Labute approximate surface area is 188 Å². The van der Waals surface area contributed by atoms with Crippen molar-refractivity contribution in [2.45, 2.75) is 44.6 Å². The molecule has 1 aliphatic heterocycles. The van der Waals surface area contributed by atoms with Crippen molar-refractivity contribution in [2.75, 3.05) is 6.61 Å². The van der Waals surface area contributed by atoms with Gasteiger partial charge in [-0.15, -0.1) is 0 Å². The molecule has 0 N–H and O–H groups in total. The number of ether oxygens (including phenoxy) is 4. The average Bonchev–Trinajstić information content (AvgIpc) is 2.84. The third-order valence-electron chi connectivity index (χ3n) is 5.37. The molecule has 1 fully saturated rings. The van der Waals surface area contributed by atoms with Crippen LogP contribution in [0.3, 0.4) is 0 Å². The van der Waals surface area contributed by atoms with Crippen LogP contribution in [0, 0.1) is 0 Å². The summed E-state index contributed by atoms with van der Waals surface area (Å²) in [6, 6.07) is 29.8. The molecule has 0 radical (unpaired) electrons. The highest BCUT2D eigenvalue weighted by molar-refractivity contribution is 5.71. The SMILES string of the molecule is O=C1CC(OCc2ccccc2)C(OCc2ccccc2)[C@@H](COCc2ccccc2)O1. The first kappa shape index (κ1) is 22.2. The van der Waals surface area contributed by atoms with E-state index in [-0.39, 0.29) is 19.0 Å². The quantitative estimate of drug-likeness (QED) is 0.435. The average molecular weight is 433 g/mol. The lowest BCUT2D eigenvalue weighted by molar-refractivity contribution is -0.205. The first-order valence-electron chi connectivity index (χ1n) is 10.9. The first-order chi connectivity index (χ1) is 15.8. The number of benzene rings is 3. The maximum Gasteiger partial charge on any atom is 0.308 e. The lowest BCUT2D eigenvalue weighted by Gasteiger charge is -2.37. The fraction of sp³-hybridized carbons (Fsp3) is 0.296. The Morgan fingerprint density at radius 3 is 1.75 bits per heavy atom. The predicted octanol–water partition coefficient (Wildman–Crippen LogP) is 4.69. The normalized spacial score (nSPS) is 20.6. The van der Waals surface area contributed by atoms with Crippen molar-refractivity contribution < 1.29 is 23.7 Å². The second-order valence-corrected chi connectivity index (χ2v) is 7.83. The van der Waals surface area contributed by atoms with E-state index in [9.17, 15) is 4.79 Å². The van der Waals surface area contributed by atoms with Crippen LogP contribution in [0.1, 0.15) is 23.1 Å². The Balaban J connectivity index is 1.42. The van der Waals surface area contributed by atoms with Gasteiger partial charge >= 0.3 is 5.97 Å². The smallest absolute Gasteiger partial charge is 0.308 e. The van der Waals surface area contributed by atoms with Crippen LogP contribution >= 0.6 is 0 Å². The van der Waals surface area contributed by atoms with Crippen molar-refractivity contribution in [3.8, 4) is 0 Å². The molecule has 0 amide bonds. The molecule has 166 valence electrons. The summed E-state index contributed by atoms with van der Waals surface area (Å²) in [5.41, 5.74) is 3.16. The van der Waals surface area contributed by atoms with Gasteiger partial charge in [0.15, 0.2) is 6.10 Å². The number of carbonyl (C=O) groups is 1. The van der Waals surface area contributed by atoms with E-state index in [0.29, 0.717) is 19.8 Å². The fourth-order valence-corrected chi connectivity index (χ4v) is 3.71. The topological polar surface area (TPSA) is 54.0 Å². The predicted molar refractivity (Wildman–Crippen MR) is 121 cm³/mol. The molecule has 1 heterocycles. The van der Waals surface area contributed by atoms with E-state index in [4.69, 9.17) is 18.9 Å². The van der Waals surface area contributed by atoms with Crippen LogP contribution in [-0.4, -0.2) is 30.9 Å². The fourth-order valence-electron chi connectivity index (χ4n) is 3.71. The minimum absolute atomic E-state index is 0.154. The van der Waals surface area contributed by atoms with Crippen molar-refractivity contribution in [1.29, 1.82) is 0 Å². The summed E-state index contributed by atoms with van der Waals surface area (Å²) < 4.78 is 23.9. The summed E-state index contributed by atoms with van der Waals surface area (Å²) in [6.07, 6.45) is -1.22. The third-order valence-corrected chi connectivity index (χ3v) is 5.37. The highest BCUT2D eigenvalue weighted by Crippen LogP contribution is 2.25. The molecule has 5 heteroatoms. The number of carbonyl (C=O) groups excluding carboxylic acids is 1. The Morgan fingerprint density at radius 2 is 1.19 bits per heavy atom. The van der Waals surface area contributed by atoms with Crippen molar-refractivity contribution in [3.05, 3.63) is 108 Å². The van der Waals surface area contributed by atoms with Crippen LogP contribution in [0.25, 0.3) is 0 Å². The molecule has 0 bridgehead atoms. The van der Waals surface area contributed by atoms with E-state index in [2.05, 4.69) is 0 Å². The number of rotatable bonds is 10. The van der Waals surface area contributed by atoms with Crippen LogP contribution in [-0.2, 0) is 43.6 Å². The molecule has 0 spiro atoms. The Bertz CT molecular complexity index is 946. The minimum atomic E-state index is -0.538. The Hall–Kier alpha value is -2.99. The lowest BCUT2D eigenvalue weighted by atomic mass is 10.0. The van der Waals surface area contributed by atoms with E-state index in [1.165, 1.54) is 0 Å². The maximum atomic E-state index is 12.3. The highest BCUT2D eigenvalue weighted by Gasteiger charge is 2.40. The number of cyclic esters (lactones) is 1. The van der Waals surface area contributed by atoms with Gasteiger partial charge in [-0.25, -0.2) is 0 Å². The second-order valence-electron chi connectivity index (χ2n) is 7.83. The van der Waals surface area contributed by atoms with Crippen molar-refractivity contribution in [3.63, 3.8) is 0 Å². The monoisotopic (exact) mass is 432 g/mol. The summed E-state index contributed by atoms with van der Waals surface area (Å²) >= 11 is 0. The number of esters is 1. The van der Waals surface area contributed by atoms with Gasteiger partial charge in [0.25, 0.3) is 0 Å². The van der Waals surface area contributed by atoms with E-state index in [0.717, 1.165) is 16.7 Å². The van der Waals surface area contributed by atoms with Gasteiger partial charge in [-0.3, -0.25) is 4.79 Å². The maximum absolute atomic E-state index is 12.3. The molecule has 2 unspecified atom stereocenters. The van der Waals surface area contributed by atoms with Gasteiger partial charge in [-0.05, 0) is 16.7 Å². The van der Waals surface area contributed by atoms with Gasteiger partial charge in [0.05, 0.1) is 39.0 Å². The van der Waals surface area contributed by atoms with Crippen molar-refractivity contribution >= 4 is 5.97 Å². The molecule has 1 saturated heterocycles. The molecular weight excluding hydrogens is 404 g/mol. The van der Waals surface area contributed by atoms with Crippen molar-refractivity contribution in [1.82, 2.24) is 0 Å². The number of hydrogen-bond donors (Lipinski definition) is 0. The zero-order chi connectivity index (χ0) is 22.0. The molecule has 32 heavy (non-hydrogen) atoms. The van der Waals surface area contributed by atoms with E-state index in [1.807, 2.05) is 91.0 Å². The van der Waals surface area contributed by atoms with Crippen molar-refractivity contribution in [2.24, 2.45) is 0 Å². The van der Waals surface area contributed by atoms with Gasteiger partial charge in [0.2, 0.25) is 0 Å². The molecule has 0 saturated carbocycles. The molecule has 3 aromatic carbocycles. The van der Waals surface area contributed by atoms with Gasteiger partial charge in [-0.2, -0.15) is 0 Å². The summed E-state index contributed by atoms with van der Waals surface area (Å²) in [4.78, 5) is 12.3. The summed E-state index contributed by atoms with van der Waals surface area (Å²) in [5, 5.41) is 0. The van der Waals surface area contributed by atoms with E-state index in [1.54, 1.807) is 0 Å². The van der Waals surface area contributed by atoms with Gasteiger partial charge < -0.3 is 18.9 Å². The van der Waals surface area contributed by atoms with Gasteiger partial charge in [0, 0.05) is 0 Å². The first-order valence-corrected chi connectivity index (χ1v) is 10.9. The largest absolute Gasteiger partial charge is 0.457 e. The van der Waals surface area contributed by atoms with Crippen LogP contribution < -0.4 is 0 Å². The minimum Gasteiger partial charge on any atom is -0.457 e. The summed E-state index contributed by atoms with van der Waals surface area (Å²) in [6.45, 7) is 1.49. The molecular formula is C27H28O5. The van der Waals surface area contributed by atoms with E-state index >= 15 is 0 Å². The van der Waals surface area contributed by atoms with Crippen LogP contribution in [0.15, 0.2) is 91.0 Å². The third kappa shape index (κ3) is 6.50. The van der Waals surface area contributed by atoms with Crippen LogP contribution in [0.4, 0.5) is 0 Å². The molecule has 0 aliphatic carbocycles. The molecule has 4 rings (SSSR count). The second kappa shape index (κ2) is 11.6. The zero-order valence-electron chi connectivity index (χ0n) is 18.0. The number of hydrogen-bond acceptors (Lipinski definition) is 5. The molecule has 3 atom stereocenters. The van der Waals surface area contributed by atoms with Crippen LogP contribution in [0.2, 0.25) is 0 Å². The Morgan fingerprint density at radius 1 is 0.688 bits per heavy atom. The molecule has 3 aromatic rings. The summed E-state index contributed by atoms with van der Waals surface area (Å²) in [7, 11) is 0. The van der Waals surface area contributed by atoms with Gasteiger partial charge in [0.1, 0.15) is 6.10 Å². The molecule has 0 aromatic heterocycles. The molecule has 1 aliphatic rings. The summed E-state index contributed by atoms with van der Waals surface area (Å²) in [5.74, 6) is -0.295. The lowest BCUT2D eigenvalue weighted by Crippen LogP contribution is -2.51. The standard InChI is InChI=1S/C27H28O5/c28-26-16-24(30-18-22-12-6-2-7-13-22)27(31-19-23-14-8-3-9-15-23)25(32-26)20-29-17-21-10-4-1-5-11-21/h1-15,24-25,27H,16-20H2/t24?,25-,27?/m1/s1. The Kier molecular flexibility index (Phi) is 8.04. The molecule has 5 nitrogen and oxygen atoms in total.